The molecule has 0 saturated heterocycles. The van der Waals surface area contributed by atoms with Crippen molar-refractivity contribution < 1.29 is 9.18 Å². The van der Waals surface area contributed by atoms with Crippen LogP contribution in [0.25, 0.3) is 5.69 Å². The Bertz CT molecular complexity index is 959. The van der Waals surface area contributed by atoms with Gasteiger partial charge in [0.05, 0.1) is 11.9 Å². The number of nitrogens with one attached hydrogen (secondary N) is 1. The van der Waals surface area contributed by atoms with E-state index in [0.717, 1.165) is 41.8 Å². The number of rotatable bonds is 4. The van der Waals surface area contributed by atoms with Gasteiger partial charge in [0.1, 0.15) is 5.82 Å². The molecule has 1 aliphatic carbocycles. The highest BCUT2D eigenvalue weighted by molar-refractivity contribution is 5.93. The van der Waals surface area contributed by atoms with Gasteiger partial charge < -0.3 is 4.90 Å². The van der Waals surface area contributed by atoms with Crippen molar-refractivity contribution in [3.63, 3.8) is 0 Å². The molecule has 0 aliphatic heterocycles. The molecule has 1 aliphatic rings. The van der Waals surface area contributed by atoms with Crippen LogP contribution >= 0.6 is 0 Å². The molecule has 0 bridgehead atoms. The number of aryl methyl sites for hydroxylation is 1. The number of halogens is 1. The van der Waals surface area contributed by atoms with Crippen LogP contribution in [0.3, 0.4) is 0 Å². The van der Waals surface area contributed by atoms with E-state index in [9.17, 15) is 9.18 Å². The van der Waals surface area contributed by atoms with Gasteiger partial charge in [0.15, 0.2) is 5.69 Å². The Morgan fingerprint density at radius 1 is 1.37 bits per heavy atom. The average Bonchev–Trinajstić information content (AvgIpc) is 3.28. The molecule has 1 N–H and O–H groups in total. The minimum Gasteiger partial charge on any atom is -0.336 e. The lowest BCUT2D eigenvalue weighted by atomic mass is 9.87. The maximum Gasteiger partial charge on any atom is 0.274 e. The Balaban J connectivity index is 1.48. The maximum atomic E-state index is 13.1. The fraction of sp³-hybridized carbons (Fsp3) is 0.350. The van der Waals surface area contributed by atoms with Crippen molar-refractivity contribution >= 4 is 5.91 Å². The fourth-order valence-electron chi connectivity index (χ4n) is 3.55. The number of nitrogens with zero attached hydrogens (tertiary/aromatic N) is 4. The summed E-state index contributed by atoms with van der Waals surface area (Å²) in [6.07, 6.45) is 6.53. The van der Waals surface area contributed by atoms with Gasteiger partial charge in [-0.05, 0) is 49.4 Å². The van der Waals surface area contributed by atoms with E-state index in [4.69, 9.17) is 0 Å². The first kappa shape index (κ1) is 17.5. The zero-order chi connectivity index (χ0) is 19.0. The highest BCUT2D eigenvalue weighted by Crippen LogP contribution is 2.27. The first-order chi connectivity index (χ1) is 13.0. The second kappa shape index (κ2) is 6.98. The average molecular weight is 367 g/mol. The first-order valence-electron chi connectivity index (χ1n) is 9.12. The Kier molecular flexibility index (Phi) is 4.51. The van der Waals surface area contributed by atoms with Gasteiger partial charge in [-0.1, -0.05) is 6.92 Å². The molecule has 1 atom stereocenters. The molecule has 0 spiro atoms. The van der Waals surface area contributed by atoms with Gasteiger partial charge in [0, 0.05) is 36.6 Å². The molecule has 6 nitrogen and oxygen atoms in total. The molecular weight excluding hydrogens is 345 g/mol. The van der Waals surface area contributed by atoms with Crippen molar-refractivity contribution in [1.82, 2.24) is 24.9 Å². The molecule has 3 aromatic rings. The highest BCUT2D eigenvalue weighted by atomic mass is 19.1. The SMILES string of the molecule is CC1CCc2[nH]nc(C(=O)N(C)Cc3cnn(-c4ccc(F)cc4)c3)c2C1. The first-order valence-corrected chi connectivity index (χ1v) is 9.12. The summed E-state index contributed by atoms with van der Waals surface area (Å²) in [7, 11) is 1.77. The van der Waals surface area contributed by atoms with E-state index < -0.39 is 0 Å². The quantitative estimate of drug-likeness (QED) is 0.770. The van der Waals surface area contributed by atoms with Crippen molar-refractivity contribution in [2.24, 2.45) is 5.92 Å². The van der Waals surface area contributed by atoms with Gasteiger partial charge in [-0.25, -0.2) is 9.07 Å². The second-order valence-electron chi connectivity index (χ2n) is 7.31. The third kappa shape index (κ3) is 3.49. The standard InChI is InChI=1S/C20H22FN5O/c1-13-3-8-18-17(9-13)19(24-23-18)20(27)25(2)11-14-10-22-26(12-14)16-6-4-15(21)5-7-16/h4-7,10,12-13H,3,8-9,11H2,1-2H3,(H,23,24). The van der Waals surface area contributed by atoms with E-state index in [1.807, 2.05) is 6.20 Å². The third-order valence-electron chi connectivity index (χ3n) is 5.09. The van der Waals surface area contributed by atoms with Crippen molar-refractivity contribution in [1.29, 1.82) is 0 Å². The lowest BCUT2D eigenvalue weighted by Gasteiger charge is -2.20. The normalized spacial score (nSPS) is 16.2. The molecule has 2 heterocycles. The van der Waals surface area contributed by atoms with Gasteiger partial charge in [-0.2, -0.15) is 10.2 Å². The predicted molar refractivity (Wildman–Crippen MR) is 99.1 cm³/mol. The summed E-state index contributed by atoms with van der Waals surface area (Å²) in [5, 5.41) is 11.6. The summed E-state index contributed by atoms with van der Waals surface area (Å²) in [6, 6.07) is 6.12. The number of hydrogen-bond donors (Lipinski definition) is 1. The molecule has 1 amide bonds. The molecule has 2 aromatic heterocycles. The van der Waals surface area contributed by atoms with Crippen LogP contribution in [0.5, 0.6) is 0 Å². The van der Waals surface area contributed by atoms with Crippen LogP contribution in [0.4, 0.5) is 4.39 Å². The summed E-state index contributed by atoms with van der Waals surface area (Å²) in [5.41, 5.74) is 4.35. The van der Waals surface area contributed by atoms with Crippen LogP contribution in [0.1, 0.15) is 40.7 Å². The number of fused-ring (bicyclic) bond motifs is 1. The largest absolute Gasteiger partial charge is 0.336 e. The molecular formula is C20H22FN5O. The number of amides is 1. The molecule has 0 fully saturated rings. The topological polar surface area (TPSA) is 66.8 Å². The number of carbonyl (C=O) groups is 1. The summed E-state index contributed by atoms with van der Waals surface area (Å²) in [6.45, 7) is 2.63. The van der Waals surface area contributed by atoms with Crippen LogP contribution in [0.2, 0.25) is 0 Å². The van der Waals surface area contributed by atoms with Crippen LogP contribution in [0, 0.1) is 11.7 Å². The van der Waals surface area contributed by atoms with Crippen molar-refractivity contribution in [2.75, 3.05) is 7.05 Å². The number of aromatic amines is 1. The van der Waals surface area contributed by atoms with Crippen LogP contribution < -0.4 is 0 Å². The summed E-state index contributed by atoms with van der Waals surface area (Å²) in [4.78, 5) is 14.5. The smallest absolute Gasteiger partial charge is 0.274 e. The summed E-state index contributed by atoms with van der Waals surface area (Å²) in [5.74, 6) is 0.199. The Morgan fingerprint density at radius 3 is 2.93 bits per heavy atom. The number of H-pyrrole nitrogens is 1. The zero-order valence-corrected chi connectivity index (χ0v) is 15.4. The molecule has 4 rings (SSSR count). The highest BCUT2D eigenvalue weighted by Gasteiger charge is 2.26. The van der Waals surface area contributed by atoms with Crippen LogP contribution in [-0.2, 0) is 19.4 Å². The van der Waals surface area contributed by atoms with Crippen molar-refractivity contribution in [2.45, 2.75) is 32.7 Å². The summed E-state index contributed by atoms with van der Waals surface area (Å²) >= 11 is 0. The molecule has 0 radical (unpaired) electrons. The maximum absolute atomic E-state index is 13.1. The van der Waals surface area contributed by atoms with Gasteiger partial charge >= 0.3 is 0 Å². The predicted octanol–water partition coefficient (Wildman–Crippen LogP) is 3.13. The minimum atomic E-state index is -0.284. The Morgan fingerprint density at radius 2 is 2.15 bits per heavy atom. The van der Waals surface area contributed by atoms with Crippen LogP contribution in [-0.4, -0.2) is 37.8 Å². The van der Waals surface area contributed by atoms with E-state index in [-0.39, 0.29) is 11.7 Å². The molecule has 1 unspecified atom stereocenters. The monoisotopic (exact) mass is 367 g/mol. The minimum absolute atomic E-state index is 0.0869. The number of benzene rings is 1. The Hall–Kier alpha value is -2.96. The second-order valence-corrected chi connectivity index (χ2v) is 7.31. The summed E-state index contributed by atoms with van der Waals surface area (Å²) < 4.78 is 14.7. The van der Waals surface area contributed by atoms with E-state index in [0.29, 0.717) is 18.2 Å². The third-order valence-corrected chi connectivity index (χ3v) is 5.09. The molecule has 0 saturated carbocycles. The van der Waals surface area contributed by atoms with E-state index >= 15 is 0 Å². The lowest BCUT2D eigenvalue weighted by Crippen LogP contribution is -2.28. The fourth-order valence-corrected chi connectivity index (χ4v) is 3.55. The van der Waals surface area contributed by atoms with Crippen LogP contribution in [0.15, 0.2) is 36.7 Å². The lowest BCUT2D eigenvalue weighted by molar-refractivity contribution is 0.0778. The Labute approximate surface area is 157 Å². The number of carbonyl (C=O) groups excluding carboxylic acids is 1. The van der Waals surface area contributed by atoms with E-state index in [2.05, 4.69) is 22.2 Å². The molecule has 140 valence electrons. The van der Waals surface area contributed by atoms with Gasteiger partial charge in [-0.15, -0.1) is 0 Å². The van der Waals surface area contributed by atoms with Gasteiger partial charge in [0.2, 0.25) is 0 Å². The zero-order valence-electron chi connectivity index (χ0n) is 15.4. The van der Waals surface area contributed by atoms with Gasteiger partial charge in [-0.3, -0.25) is 9.89 Å². The number of hydrogen-bond acceptors (Lipinski definition) is 3. The van der Waals surface area contributed by atoms with Crippen molar-refractivity contribution in [3.8, 4) is 5.69 Å². The number of aromatic nitrogens is 4. The van der Waals surface area contributed by atoms with E-state index in [1.165, 1.54) is 12.1 Å². The molecule has 27 heavy (non-hydrogen) atoms. The van der Waals surface area contributed by atoms with E-state index in [1.54, 1.807) is 35.0 Å². The molecule has 7 heteroatoms. The van der Waals surface area contributed by atoms with Gasteiger partial charge in [0.25, 0.3) is 5.91 Å². The molecule has 1 aromatic carbocycles. The van der Waals surface area contributed by atoms with Crippen molar-refractivity contribution in [3.05, 3.63) is 65.0 Å².